The third-order valence-corrected chi connectivity index (χ3v) is 5.63. The van der Waals surface area contributed by atoms with E-state index >= 15 is 0 Å². The van der Waals surface area contributed by atoms with Crippen molar-refractivity contribution in [2.45, 2.75) is 13.0 Å². The Balaban J connectivity index is 2.40. The molecule has 0 saturated heterocycles. The van der Waals surface area contributed by atoms with Crippen LogP contribution < -0.4 is 5.32 Å². The van der Waals surface area contributed by atoms with Crippen LogP contribution in [0.4, 0.5) is 0 Å². The Morgan fingerprint density at radius 3 is 2.50 bits per heavy atom. The van der Waals surface area contributed by atoms with E-state index in [0.29, 0.717) is 0 Å². The number of halogens is 2. The van der Waals surface area contributed by atoms with Gasteiger partial charge >= 0.3 is 0 Å². The van der Waals surface area contributed by atoms with Gasteiger partial charge < -0.3 is 5.32 Å². The smallest absolute Gasteiger partial charge is 0.0761 e. The van der Waals surface area contributed by atoms with E-state index in [1.54, 1.807) is 22.7 Å². The minimum absolute atomic E-state index is 0.266. The van der Waals surface area contributed by atoms with Crippen molar-refractivity contribution in [1.82, 2.24) is 5.32 Å². The first-order valence-electron chi connectivity index (χ1n) is 4.79. The third kappa shape index (κ3) is 2.59. The predicted molar refractivity (Wildman–Crippen MR) is 79.7 cm³/mol. The van der Waals surface area contributed by atoms with Crippen LogP contribution in [-0.2, 0) is 0 Å². The van der Waals surface area contributed by atoms with Crippen molar-refractivity contribution >= 4 is 54.5 Å². The van der Waals surface area contributed by atoms with E-state index in [1.165, 1.54) is 19.8 Å². The van der Waals surface area contributed by atoms with Crippen LogP contribution in [0.3, 0.4) is 0 Å². The lowest BCUT2D eigenvalue weighted by Gasteiger charge is -2.14. The Kier molecular flexibility index (Phi) is 4.24. The van der Waals surface area contributed by atoms with E-state index in [2.05, 4.69) is 61.6 Å². The van der Waals surface area contributed by atoms with Crippen LogP contribution in [0.5, 0.6) is 0 Å². The number of hydrogen-bond acceptors (Lipinski definition) is 3. The van der Waals surface area contributed by atoms with Gasteiger partial charge in [0.2, 0.25) is 0 Å². The number of aryl methyl sites for hydroxylation is 1. The molecule has 2 aromatic rings. The molecule has 0 aliphatic carbocycles. The van der Waals surface area contributed by atoms with Gasteiger partial charge in [-0.1, -0.05) is 0 Å². The SMILES string of the molecule is CNC(c1csc(C)c1)c1cc(Br)sc1Br. The number of thiophene rings is 2. The van der Waals surface area contributed by atoms with Gasteiger partial charge in [-0.05, 0) is 74.5 Å². The van der Waals surface area contributed by atoms with Crippen LogP contribution in [0.1, 0.15) is 22.0 Å². The molecule has 0 amide bonds. The molecule has 0 aliphatic heterocycles. The Hall–Kier alpha value is 0.320. The zero-order valence-corrected chi connectivity index (χ0v) is 13.7. The Morgan fingerprint density at radius 1 is 1.31 bits per heavy atom. The van der Waals surface area contributed by atoms with Gasteiger partial charge in [-0.3, -0.25) is 0 Å². The van der Waals surface area contributed by atoms with Crippen molar-refractivity contribution in [3.8, 4) is 0 Å². The maximum absolute atomic E-state index is 3.61. The van der Waals surface area contributed by atoms with Gasteiger partial charge in [0, 0.05) is 4.88 Å². The molecule has 0 saturated carbocycles. The molecular formula is C11H11Br2NS2. The summed E-state index contributed by atoms with van der Waals surface area (Å²) in [6, 6.07) is 4.68. The number of hydrogen-bond donors (Lipinski definition) is 1. The van der Waals surface area contributed by atoms with Crippen LogP contribution >= 0.6 is 54.5 Å². The second kappa shape index (κ2) is 5.31. The molecule has 2 rings (SSSR count). The van der Waals surface area contributed by atoms with Crippen molar-refractivity contribution in [1.29, 1.82) is 0 Å². The highest BCUT2D eigenvalue weighted by Crippen LogP contribution is 2.38. The summed E-state index contributed by atoms with van der Waals surface area (Å²) in [7, 11) is 2.00. The highest BCUT2D eigenvalue weighted by atomic mass is 79.9. The van der Waals surface area contributed by atoms with Crippen LogP contribution in [0.2, 0.25) is 0 Å². The van der Waals surface area contributed by atoms with E-state index in [-0.39, 0.29) is 6.04 Å². The molecule has 5 heteroatoms. The molecule has 2 aromatic heterocycles. The highest BCUT2D eigenvalue weighted by molar-refractivity contribution is 9.12. The molecule has 0 radical (unpaired) electrons. The fourth-order valence-electron chi connectivity index (χ4n) is 1.67. The average Bonchev–Trinajstić information content (AvgIpc) is 2.76. The van der Waals surface area contributed by atoms with E-state index in [1.807, 2.05) is 7.05 Å². The number of nitrogens with one attached hydrogen (secondary N) is 1. The van der Waals surface area contributed by atoms with Gasteiger partial charge in [0.25, 0.3) is 0 Å². The molecule has 1 unspecified atom stereocenters. The maximum atomic E-state index is 3.61. The van der Waals surface area contributed by atoms with Crippen molar-refractivity contribution in [3.63, 3.8) is 0 Å². The molecule has 16 heavy (non-hydrogen) atoms. The highest BCUT2D eigenvalue weighted by Gasteiger charge is 2.18. The third-order valence-electron chi connectivity index (χ3n) is 2.37. The fraction of sp³-hybridized carbons (Fsp3) is 0.273. The van der Waals surface area contributed by atoms with Gasteiger partial charge in [-0.2, -0.15) is 0 Å². The van der Waals surface area contributed by atoms with E-state index in [4.69, 9.17) is 0 Å². The first-order valence-corrected chi connectivity index (χ1v) is 8.07. The average molecular weight is 381 g/mol. The summed E-state index contributed by atoms with van der Waals surface area (Å²) in [5.41, 5.74) is 2.62. The summed E-state index contributed by atoms with van der Waals surface area (Å²) in [6.45, 7) is 2.14. The first-order chi connectivity index (χ1) is 7.61. The lowest BCUT2D eigenvalue weighted by molar-refractivity contribution is 0.694. The lowest BCUT2D eigenvalue weighted by atomic mass is 10.0. The molecule has 1 nitrogen and oxygen atoms in total. The molecule has 0 aliphatic rings. The van der Waals surface area contributed by atoms with Crippen LogP contribution in [0, 0.1) is 6.92 Å². The van der Waals surface area contributed by atoms with Crippen molar-refractivity contribution < 1.29 is 0 Å². The molecule has 0 bridgehead atoms. The van der Waals surface area contributed by atoms with Gasteiger partial charge in [-0.15, -0.1) is 22.7 Å². The van der Waals surface area contributed by atoms with E-state index < -0.39 is 0 Å². The van der Waals surface area contributed by atoms with E-state index in [9.17, 15) is 0 Å². The normalized spacial score (nSPS) is 13.0. The van der Waals surface area contributed by atoms with Gasteiger partial charge in [0.15, 0.2) is 0 Å². The molecule has 0 spiro atoms. The minimum Gasteiger partial charge on any atom is -0.309 e. The second-order valence-electron chi connectivity index (χ2n) is 3.49. The number of rotatable bonds is 3. The van der Waals surface area contributed by atoms with Crippen LogP contribution in [0.15, 0.2) is 25.1 Å². The molecule has 1 atom stereocenters. The van der Waals surface area contributed by atoms with Gasteiger partial charge in [0.1, 0.15) is 0 Å². The first kappa shape index (κ1) is 12.8. The summed E-state index contributed by atoms with van der Waals surface area (Å²) in [5.74, 6) is 0. The minimum atomic E-state index is 0.266. The summed E-state index contributed by atoms with van der Waals surface area (Å²) in [5, 5.41) is 5.58. The van der Waals surface area contributed by atoms with Crippen molar-refractivity contribution in [3.05, 3.63) is 41.1 Å². The molecule has 0 fully saturated rings. The maximum Gasteiger partial charge on any atom is 0.0761 e. The fourth-order valence-corrected chi connectivity index (χ4v) is 5.30. The Morgan fingerprint density at radius 2 is 2.06 bits per heavy atom. The molecular weight excluding hydrogens is 370 g/mol. The summed E-state index contributed by atoms with van der Waals surface area (Å²) in [6.07, 6.45) is 0. The zero-order chi connectivity index (χ0) is 11.7. The molecule has 1 N–H and O–H groups in total. The summed E-state index contributed by atoms with van der Waals surface area (Å²) >= 11 is 10.6. The summed E-state index contributed by atoms with van der Waals surface area (Å²) < 4.78 is 2.34. The predicted octanol–water partition coefficient (Wildman–Crippen LogP) is 4.95. The standard InChI is InChI=1S/C11H11Br2NS2/c1-6-3-7(5-15-6)10(14-2)8-4-9(12)16-11(8)13/h3-5,10,14H,1-2H3. The van der Waals surface area contributed by atoms with Crippen molar-refractivity contribution in [2.24, 2.45) is 0 Å². The Bertz CT molecular complexity index is 490. The zero-order valence-electron chi connectivity index (χ0n) is 8.88. The van der Waals surface area contributed by atoms with E-state index in [0.717, 1.165) is 3.79 Å². The lowest BCUT2D eigenvalue weighted by Crippen LogP contribution is -2.16. The van der Waals surface area contributed by atoms with Gasteiger partial charge in [-0.25, -0.2) is 0 Å². The molecule has 2 heterocycles. The molecule has 86 valence electrons. The van der Waals surface area contributed by atoms with Gasteiger partial charge in [0.05, 0.1) is 13.6 Å². The van der Waals surface area contributed by atoms with Crippen LogP contribution in [0.25, 0.3) is 0 Å². The quantitative estimate of drug-likeness (QED) is 0.793. The summed E-state index contributed by atoms with van der Waals surface area (Å²) in [4.78, 5) is 1.35. The van der Waals surface area contributed by atoms with Crippen molar-refractivity contribution in [2.75, 3.05) is 7.05 Å². The van der Waals surface area contributed by atoms with Crippen LogP contribution in [-0.4, -0.2) is 7.05 Å². The monoisotopic (exact) mass is 379 g/mol. The topological polar surface area (TPSA) is 12.0 Å². The largest absolute Gasteiger partial charge is 0.309 e. The second-order valence-corrected chi connectivity index (χ2v) is 8.36. The Labute approximate surface area is 120 Å². The molecule has 0 aromatic carbocycles.